The van der Waals surface area contributed by atoms with Gasteiger partial charge in [-0.2, -0.15) is 5.10 Å². The molecule has 0 saturated carbocycles. The van der Waals surface area contributed by atoms with E-state index in [1.54, 1.807) is 35.3 Å². The van der Waals surface area contributed by atoms with Gasteiger partial charge in [-0.15, -0.1) is 15.3 Å². The predicted octanol–water partition coefficient (Wildman–Crippen LogP) is 0.480. The summed E-state index contributed by atoms with van der Waals surface area (Å²) in [6.45, 7) is 0.935. The van der Waals surface area contributed by atoms with Gasteiger partial charge in [-0.25, -0.2) is 9.36 Å². The smallest absolute Gasteiger partial charge is 0.251 e. The molecular formula is C17H16N10O. The molecule has 0 bridgehead atoms. The number of hydrogen-bond donors (Lipinski definition) is 2. The molecule has 0 aliphatic carbocycles. The minimum atomic E-state index is -0.183. The summed E-state index contributed by atoms with van der Waals surface area (Å²) in [5.41, 5.74) is 1.24. The van der Waals surface area contributed by atoms with Gasteiger partial charge in [0.25, 0.3) is 5.91 Å². The molecule has 0 saturated heterocycles. The van der Waals surface area contributed by atoms with E-state index >= 15 is 0 Å². The van der Waals surface area contributed by atoms with E-state index in [1.807, 2.05) is 24.3 Å². The molecule has 0 atom stereocenters. The standard InChI is InChI=1S/C17H16N10O/c28-17(13-3-1-4-14(11-13)27-12-20-24-25-27)19-9-8-18-15-5-6-16(23-22-15)26-10-2-7-21-26/h1-7,10-12H,8-9H2,(H,18,22)(H,19,28). The van der Waals surface area contributed by atoms with Gasteiger partial charge in [-0.1, -0.05) is 6.07 Å². The Bertz CT molecular complexity index is 1030. The molecule has 28 heavy (non-hydrogen) atoms. The second kappa shape index (κ2) is 8.03. The van der Waals surface area contributed by atoms with Crippen LogP contribution in [0.5, 0.6) is 0 Å². The summed E-state index contributed by atoms with van der Waals surface area (Å²) in [6, 6.07) is 12.5. The van der Waals surface area contributed by atoms with Gasteiger partial charge in [0.2, 0.25) is 0 Å². The first-order valence-corrected chi connectivity index (χ1v) is 8.49. The van der Waals surface area contributed by atoms with Crippen LogP contribution in [0.3, 0.4) is 0 Å². The fourth-order valence-corrected chi connectivity index (χ4v) is 2.48. The fraction of sp³-hybridized carbons (Fsp3) is 0.118. The van der Waals surface area contributed by atoms with E-state index in [9.17, 15) is 4.79 Å². The number of aromatic nitrogens is 8. The highest BCUT2D eigenvalue weighted by atomic mass is 16.1. The van der Waals surface area contributed by atoms with Crippen molar-refractivity contribution in [1.29, 1.82) is 0 Å². The second-order valence-electron chi connectivity index (χ2n) is 5.71. The Hall–Kier alpha value is -4.15. The quantitative estimate of drug-likeness (QED) is 0.446. The lowest BCUT2D eigenvalue weighted by Gasteiger charge is -2.08. The summed E-state index contributed by atoms with van der Waals surface area (Å²) in [5.74, 6) is 1.06. The first-order chi connectivity index (χ1) is 13.8. The topological polar surface area (TPSA) is 128 Å². The molecule has 3 aromatic heterocycles. The molecule has 0 aliphatic rings. The summed E-state index contributed by atoms with van der Waals surface area (Å²) in [5, 5.41) is 29.2. The average molecular weight is 376 g/mol. The van der Waals surface area contributed by atoms with Crippen molar-refractivity contribution in [3.05, 3.63) is 66.7 Å². The van der Waals surface area contributed by atoms with Crippen molar-refractivity contribution < 1.29 is 4.79 Å². The van der Waals surface area contributed by atoms with E-state index in [0.717, 1.165) is 0 Å². The summed E-state index contributed by atoms with van der Waals surface area (Å²) < 4.78 is 3.12. The minimum Gasteiger partial charge on any atom is -0.367 e. The van der Waals surface area contributed by atoms with Crippen LogP contribution in [-0.2, 0) is 0 Å². The van der Waals surface area contributed by atoms with Gasteiger partial charge in [0, 0.05) is 31.0 Å². The number of nitrogens with one attached hydrogen (secondary N) is 2. The highest BCUT2D eigenvalue weighted by Crippen LogP contribution is 2.09. The van der Waals surface area contributed by atoms with Crippen molar-refractivity contribution >= 4 is 11.7 Å². The number of hydrogen-bond acceptors (Lipinski definition) is 8. The average Bonchev–Trinajstić information content (AvgIpc) is 3.46. The van der Waals surface area contributed by atoms with Crippen LogP contribution in [-0.4, -0.2) is 59.2 Å². The normalized spacial score (nSPS) is 10.6. The van der Waals surface area contributed by atoms with Crippen LogP contribution < -0.4 is 10.6 Å². The summed E-state index contributed by atoms with van der Waals surface area (Å²) in [7, 11) is 0. The van der Waals surface area contributed by atoms with E-state index < -0.39 is 0 Å². The van der Waals surface area contributed by atoms with Crippen molar-refractivity contribution in [1.82, 2.24) is 45.5 Å². The van der Waals surface area contributed by atoms with E-state index in [-0.39, 0.29) is 5.91 Å². The van der Waals surface area contributed by atoms with Crippen molar-refractivity contribution in [3.63, 3.8) is 0 Å². The Morgan fingerprint density at radius 2 is 2.00 bits per heavy atom. The first-order valence-electron chi connectivity index (χ1n) is 8.49. The van der Waals surface area contributed by atoms with Gasteiger partial charge >= 0.3 is 0 Å². The number of tetrazole rings is 1. The molecule has 0 fully saturated rings. The summed E-state index contributed by atoms with van der Waals surface area (Å²) in [6.07, 6.45) is 4.94. The Balaban J connectivity index is 1.27. The monoisotopic (exact) mass is 376 g/mol. The fourth-order valence-electron chi connectivity index (χ4n) is 2.48. The molecular weight excluding hydrogens is 360 g/mol. The number of rotatable bonds is 7. The number of carbonyl (C=O) groups is 1. The van der Waals surface area contributed by atoms with Crippen LogP contribution in [0.4, 0.5) is 5.82 Å². The Morgan fingerprint density at radius 1 is 1.04 bits per heavy atom. The van der Waals surface area contributed by atoms with Crippen LogP contribution in [0, 0.1) is 0 Å². The van der Waals surface area contributed by atoms with Crippen LogP contribution in [0.1, 0.15) is 10.4 Å². The number of amides is 1. The number of carbonyl (C=O) groups excluding carboxylic acids is 1. The second-order valence-corrected chi connectivity index (χ2v) is 5.71. The zero-order valence-electron chi connectivity index (χ0n) is 14.7. The lowest BCUT2D eigenvalue weighted by molar-refractivity contribution is 0.0955. The third-order valence-corrected chi connectivity index (χ3v) is 3.83. The minimum absolute atomic E-state index is 0.183. The van der Waals surface area contributed by atoms with Crippen LogP contribution in [0.2, 0.25) is 0 Å². The van der Waals surface area contributed by atoms with Gasteiger partial charge < -0.3 is 10.6 Å². The molecule has 4 aromatic rings. The van der Waals surface area contributed by atoms with Gasteiger partial charge in [0.1, 0.15) is 12.1 Å². The van der Waals surface area contributed by atoms with Gasteiger partial charge in [-0.3, -0.25) is 4.79 Å². The lowest BCUT2D eigenvalue weighted by Crippen LogP contribution is -2.29. The molecule has 1 aromatic carbocycles. The van der Waals surface area contributed by atoms with Crippen LogP contribution in [0.25, 0.3) is 11.5 Å². The third kappa shape index (κ3) is 3.98. The maximum atomic E-state index is 12.3. The van der Waals surface area contributed by atoms with Crippen molar-refractivity contribution in [2.45, 2.75) is 0 Å². The molecule has 1 amide bonds. The van der Waals surface area contributed by atoms with Crippen molar-refractivity contribution in [3.8, 4) is 11.5 Å². The van der Waals surface area contributed by atoms with Gasteiger partial charge in [0.05, 0.1) is 5.69 Å². The molecule has 3 heterocycles. The van der Waals surface area contributed by atoms with Crippen molar-refractivity contribution in [2.75, 3.05) is 18.4 Å². The Kier molecular flexibility index (Phi) is 4.96. The highest BCUT2D eigenvalue weighted by molar-refractivity contribution is 5.94. The number of benzene rings is 1. The van der Waals surface area contributed by atoms with Crippen LogP contribution >= 0.6 is 0 Å². The maximum Gasteiger partial charge on any atom is 0.251 e. The lowest BCUT2D eigenvalue weighted by atomic mass is 10.2. The van der Waals surface area contributed by atoms with E-state index in [0.29, 0.717) is 36.0 Å². The molecule has 0 aliphatic heterocycles. The molecule has 0 spiro atoms. The molecule has 11 heteroatoms. The number of anilines is 1. The molecule has 140 valence electrons. The largest absolute Gasteiger partial charge is 0.367 e. The molecule has 0 radical (unpaired) electrons. The zero-order chi connectivity index (χ0) is 19.2. The van der Waals surface area contributed by atoms with E-state index in [2.05, 4.69) is 41.5 Å². The van der Waals surface area contributed by atoms with Crippen LogP contribution in [0.15, 0.2) is 61.2 Å². The van der Waals surface area contributed by atoms with E-state index in [4.69, 9.17) is 0 Å². The zero-order valence-corrected chi connectivity index (χ0v) is 14.7. The Labute approximate surface area is 159 Å². The molecule has 2 N–H and O–H groups in total. The molecule has 11 nitrogen and oxygen atoms in total. The van der Waals surface area contributed by atoms with Crippen molar-refractivity contribution in [2.24, 2.45) is 0 Å². The van der Waals surface area contributed by atoms with Gasteiger partial charge in [0.15, 0.2) is 5.82 Å². The first kappa shape index (κ1) is 17.3. The third-order valence-electron chi connectivity index (χ3n) is 3.83. The number of nitrogens with zero attached hydrogens (tertiary/aromatic N) is 8. The van der Waals surface area contributed by atoms with Gasteiger partial charge in [-0.05, 0) is 46.8 Å². The summed E-state index contributed by atoms with van der Waals surface area (Å²) >= 11 is 0. The Morgan fingerprint density at radius 3 is 2.75 bits per heavy atom. The molecule has 0 unspecified atom stereocenters. The SMILES string of the molecule is O=C(NCCNc1ccc(-n2cccn2)nn1)c1cccc(-n2cnnn2)c1. The van der Waals surface area contributed by atoms with E-state index in [1.165, 1.54) is 11.0 Å². The molecule has 4 rings (SSSR count). The highest BCUT2D eigenvalue weighted by Gasteiger charge is 2.07. The maximum absolute atomic E-state index is 12.3. The summed E-state index contributed by atoms with van der Waals surface area (Å²) in [4.78, 5) is 12.3. The predicted molar refractivity (Wildman–Crippen MR) is 99.1 cm³/mol.